The van der Waals surface area contributed by atoms with Gasteiger partial charge in [0, 0.05) is 12.2 Å². The maximum Gasteiger partial charge on any atom is 0.138 e. The fourth-order valence-corrected chi connectivity index (χ4v) is 2.38. The number of hydrogen-bond donors (Lipinski definition) is 1. The Bertz CT molecular complexity index is 470. The monoisotopic (exact) mass is 267 g/mol. The van der Waals surface area contributed by atoms with E-state index in [4.69, 9.17) is 16.3 Å². The molecule has 0 saturated heterocycles. The van der Waals surface area contributed by atoms with Gasteiger partial charge in [0.15, 0.2) is 0 Å². The van der Waals surface area contributed by atoms with Crippen LogP contribution in [0.1, 0.15) is 12.5 Å². The molecule has 0 unspecified atom stereocenters. The lowest BCUT2D eigenvalue weighted by molar-refractivity contribution is 0.340. The predicted molar refractivity (Wildman–Crippen MR) is 74.3 cm³/mol. The number of rotatable bonds is 5. The fraction of sp³-hybridized carbons (Fsp3) is 0.231. The Morgan fingerprint density at radius 2 is 2.24 bits per heavy atom. The van der Waals surface area contributed by atoms with Gasteiger partial charge in [-0.1, -0.05) is 11.6 Å². The van der Waals surface area contributed by atoms with Crippen molar-refractivity contribution in [3.8, 4) is 5.75 Å². The van der Waals surface area contributed by atoms with Gasteiger partial charge >= 0.3 is 0 Å². The summed E-state index contributed by atoms with van der Waals surface area (Å²) in [5, 5.41) is 8.16. The average Bonchev–Trinajstić information content (AvgIpc) is 2.83. The van der Waals surface area contributed by atoms with Crippen LogP contribution in [-0.4, -0.2) is 6.61 Å². The minimum absolute atomic E-state index is 0.626. The van der Waals surface area contributed by atoms with Crippen molar-refractivity contribution in [1.29, 1.82) is 0 Å². The van der Waals surface area contributed by atoms with Crippen molar-refractivity contribution in [3.05, 3.63) is 45.6 Å². The van der Waals surface area contributed by atoms with E-state index in [1.165, 1.54) is 5.56 Å². The molecule has 1 aromatic heterocycles. The topological polar surface area (TPSA) is 21.3 Å². The van der Waals surface area contributed by atoms with Crippen LogP contribution in [0, 0.1) is 0 Å². The van der Waals surface area contributed by atoms with Crippen molar-refractivity contribution in [1.82, 2.24) is 0 Å². The molecule has 0 amide bonds. The number of benzene rings is 1. The van der Waals surface area contributed by atoms with Crippen molar-refractivity contribution in [3.63, 3.8) is 0 Å². The predicted octanol–water partition coefficient (Wildman–Crippen LogP) is 4.41. The van der Waals surface area contributed by atoms with Crippen molar-refractivity contribution >= 4 is 28.6 Å². The van der Waals surface area contributed by atoms with Gasteiger partial charge in [-0.25, -0.2) is 0 Å². The molecule has 0 aliphatic heterocycles. The van der Waals surface area contributed by atoms with Crippen LogP contribution < -0.4 is 10.1 Å². The summed E-state index contributed by atoms with van der Waals surface area (Å²) in [5.74, 6) is 0.732. The molecule has 0 spiro atoms. The highest BCUT2D eigenvalue weighted by Crippen LogP contribution is 2.27. The van der Waals surface area contributed by atoms with E-state index < -0.39 is 0 Å². The van der Waals surface area contributed by atoms with Gasteiger partial charge in [-0.15, -0.1) is 0 Å². The van der Waals surface area contributed by atoms with Gasteiger partial charge in [0.2, 0.25) is 0 Å². The van der Waals surface area contributed by atoms with Crippen molar-refractivity contribution in [2.45, 2.75) is 13.5 Å². The molecule has 0 aliphatic rings. The summed E-state index contributed by atoms with van der Waals surface area (Å²) in [5.41, 5.74) is 2.28. The van der Waals surface area contributed by atoms with Crippen molar-refractivity contribution in [2.24, 2.45) is 0 Å². The SMILES string of the molecule is CCOc1ccc(NCc2ccsc2)cc1Cl. The molecule has 90 valence electrons. The third-order valence-corrected chi connectivity index (χ3v) is 3.34. The maximum absolute atomic E-state index is 6.11. The molecule has 2 nitrogen and oxygen atoms in total. The number of hydrogen-bond acceptors (Lipinski definition) is 3. The van der Waals surface area contributed by atoms with Gasteiger partial charge in [-0.3, -0.25) is 0 Å². The number of thiophene rings is 1. The molecule has 2 aromatic rings. The molecule has 0 atom stereocenters. The molecule has 1 heterocycles. The summed E-state index contributed by atoms with van der Waals surface area (Å²) in [6.07, 6.45) is 0. The van der Waals surface area contributed by atoms with Crippen LogP contribution in [0.4, 0.5) is 5.69 Å². The quantitative estimate of drug-likeness (QED) is 0.866. The second-order valence-electron chi connectivity index (χ2n) is 3.56. The van der Waals surface area contributed by atoms with Crippen LogP contribution in [0.2, 0.25) is 5.02 Å². The first-order chi connectivity index (χ1) is 8.29. The second-order valence-corrected chi connectivity index (χ2v) is 4.75. The molecular formula is C13H14ClNOS. The molecule has 0 fully saturated rings. The lowest BCUT2D eigenvalue weighted by Crippen LogP contribution is -1.98. The Kier molecular flexibility index (Phi) is 4.29. The van der Waals surface area contributed by atoms with E-state index in [0.29, 0.717) is 11.6 Å². The summed E-state index contributed by atoms with van der Waals surface area (Å²) in [6, 6.07) is 7.86. The number of nitrogens with one attached hydrogen (secondary N) is 1. The van der Waals surface area contributed by atoms with Crippen LogP contribution in [-0.2, 0) is 6.54 Å². The standard InChI is InChI=1S/C13H14ClNOS/c1-2-16-13-4-3-11(7-12(13)14)15-8-10-5-6-17-9-10/h3-7,9,15H,2,8H2,1H3. The summed E-state index contributed by atoms with van der Waals surface area (Å²) >= 11 is 7.81. The number of ether oxygens (including phenoxy) is 1. The normalized spacial score (nSPS) is 10.2. The van der Waals surface area contributed by atoms with Gasteiger partial charge in [0.05, 0.1) is 11.6 Å². The van der Waals surface area contributed by atoms with E-state index in [0.717, 1.165) is 18.0 Å². The largest absolute Gasteiger partial charge is 0.492 e. The number of halogens is 1. The van der Waals surface area contributed by atoms with Crippen LogP contribution in [0.15, 0.2) is 35.0 Å². The van der Waals surface area contributed by atoms with Gasteiger partial charge in [-0.2, -0.15) is 11.3 Å². The second kappa shape index (κ2) is 5.94. The summed E-state index contributed by atoms with van der Waals surface area (Å²) in [4.78, 5) is 0. The van der Waals surface area contributed by atoms with Crippen LogP contribution in [0.3, 0.4) is 0 Å². The molecule has 4 heteroatoms. The third kappa shape index (κ3) is 3.38. The summed E-state index contributed by atoms with van der Waals surface area (Å²) in [6.45, 7) is 3.38. The van der Waals surface area contributed by atoms with Gasteiger partial charge < -0.3 is 10.1 Å². The highest BCUT2D eigenvalue weighted by atomic mass is 35.5. The first kappa shape index (κ1) is 12.3. The molecule has 1 aromatic carbocycles. The van der Waals surface area contributed by atoms with E-state index in [1.54, 1.807) is 11.3 Å². The zero-order chi connectivity index (χ0) is 12.1. The molecule has 2 rings (SSSR count). The van der Waals surface area contributed by atoms with E-state index >= 15 is 0 Å². The zero-order valence-electron chi connectivity index (χ0n) is 9.57. The minimum atomic E-state index is 0.626. The molecular weight excluding hydrogens is 254 g/mol. The molecule has 0 bridgehead atoms. The van der Waals surface area contributed by atoms with Crippen LogP contribution in [0.25, 0.3) is 0 Å². The lowest BCUT2D eigenvalue weighted by Gasteiger charge is -2.09. The Balaban J connectivity index is 2.00. The Hall–Kier alpha value is -1.19. The van der Waals surface area contributed by atoms with Crippen LogP contribution >= 0.6 is 22.9 Å². The highest BCUT2D eigenvalue weighted by molar-refractivity contribution is 7.07. The van der Waals surface area contributed by atoms with Crippen LogP contribution in [0.5, 0.6) is 5.75 Å². The first-order valence-electron chi connectivity index (χ1n) is 5.47. The average molecular weight is 268 g/mol. The molecule has 0 saturated carbocycles. The van der Waals surface area contributed by atoms with E-state index in [2.05, 4.69) is 22.1 Å². The lowest BCUT2D eigenvalue weighted by atomic mass is 10.2. The van der Waals surface area contributed by atoms with Gasteiger partial charge in [0.1, 0.15) is 5.75 Å². The smallest absolute Gasteiger partial charge is 0.138 e. The summed E-state index contributed by atoms with van der Waals surface area (Å²) < 4.78 is 5.38. The summed E-state index contributed by atoms with van der Waals surface area (Å²) in [7, 11) is 0. The Morgan fingerprint density at radius 1 is 1.35 bits per heavy atom. The Morgan fingerprint density at radius 3 is 2.88 bits per heavy atom. The molecule has 0 aliphatic carbocycles. The van der Waals surface area contributed by atoms with Gasteiger partial charge in [-0.05, 0) is 47.5 Å². The third-order valence-electron chi connectivity index (χ3n) is 2.31. The van der Waals surface area contributed by atoms with Crippen molar-refractivity contribution in [2.75, 3.05) is 11.9 Å². The molecule has 1 N–H and O–H groups in total. The van der Waals surface area contributed by atoms with Gasteiger partial charge in [0.25, 0.3) is 0 Å². The molecule has 17 heavy (non-hydrogen) atoms. The maximum atomic E-state index is 6.11. The Labute approximate surface area is 110 Å². The zero-order valence-corrected chi connectivity index (χ0v) is 11.1. The van der Waals surface area contributed by atoms with E-state index in [1.807, 2.05) is 25.1 Å². The van der Waals surface area contributed by atoms with E-state index in [-0.39, 0.29) is 0 Å². The fourth-order valence-electron chi connectivity index (χ4n) is 1.48. The van der Waals surface area contributed by atoms with E-state index in [9.17, 15) is 0 Å². The number of anilines is 1. The minimum Gasteiger partial charge on any atom is -0.492 e. The molecule has 0 radical (unpaired) electrons. The van der Waals surface area contributed by atoms with Crippen molar-refractivity contribution < 1.29 is 4.74 Å². The highest BCUT2D eigenvalue weighted by Gasteiger charge is 2.02. The first-order valence-corrected chi connectivity index (χ1v) is 6.79.